The Balaban J connectivity index is 1.61. The van der Waals surface area contributed by atoms with Crippen molar-refractivity contribution in [3.63, 3.8) is 0 Å². The molecule has 1 atom stereocenters. The number of hydrogen-bond acceptors (Lipinski definition) is 4. The molecular weight excluding hydrogens is 347 g/mol. The molecule has 136 valence electrons. The van der Waals surface area contributed by atoms with Gasteiger partial charge in [-0.3, -0.25) is 9.78 Å². The van der Waals surface area contributed by atoms with Crippen LogP contribution in [0.2, 0.25) is 0 Å². The fourth-order valence-corrected chi connectivity index (χ4v) is 2.89. The molecule has 0 N–H and O–H groups in total. The fourth-order valence-electron chi connectivity index (χ4n) is 2.89. The Morgan fingerprint density at radius 1 is 1.04 bits per heavy atom. The van der Waals surface area contributed by atoms with Crippen LogP contribution in [-0.2, 0) is 11.3 Å². The Hall–Kier alpha value is -3.41. The lowest BCUT2D eigenvalue weighted by Crippen LogP contribution is -2.46. The number of halogens is 1. The molecule has 4 rings (SSSR count). The second kappa shape index (κ2) is 7.45. The van der Waals surface area contributed by atoms with Crippen molar-refractivity contribution in [2.45, 2.75) is 12.6 Å². The van der Waals surface area contributed by atoms with Gasteiger partial charge in [-0.2, -0.15) is 0 Å². The first-order valence-electron chi connectivity index (χ1n) is 8.56. The number of aromatic nitrogens is 1. The summed E-state index contributed by atoms with van der Waals surface area (Å²) >= 11 is 0. The van der Waals surface area contributed by atoms with Gasteiger partial charge in [-0.1, -0.05) is 18.2 Å². The zero-order chi connectivity index (χ0) is 18.6. The number of fused-ring (bicyclic) bond motifs is 1. The van der Waals surface area contributed by atoms with Gasteiger partial charge in [0.2, 0.25) is 6.10 Å². The maximum absolute atomic E-state index is 13.3. The molecule has 0 spiro atoms. The van der Waals surface area contributed by atoms with Gasteiger partial charge < -0.3 is 14.4 Å². The first-order chi connectivity index (χ1) is 13.2. The highest BCUT2D eigenvalue weighted by Crippen LogP contribution is 2.32. The van der Waals surface area contributed by atoms with Gasteiger partial charge in [0, 0.05) is 11.9 Å². The van der Waals surface area contributed by atoms with Crippen LogP contribution in [0, 0.1) is 5.82 Å². The minimum Gasteiger partial charge on any atom is -0.485 e. The number of pyridine rings is 1. The van der Waals surface area contributed by atoms with Crippen molar-refractivity contribution in [3.05, 3.63) is 84.4 Å². The summed E-state index contributed by atoms with van der Waals surface area (Å²) in [7, 11) is 0. The van der Waals surface area contributed by atoms with E-state index >= 15 is 0 Å². The van der Waals surface area contributed by atoms with Crippen molar-refractivity contribution in [1.82, 2.24) is 4.98 Å². The first-order valence-corrected chi connectivity index (χ1v) is 8.56. The van der Waals surface area contributed by atoms with Crippen LogP contribution in [0.3, 0.4) is 0 Å². The molecule has 0 saturated carbocycles. The summed E-state index contributed by atoms with van der Waals surface area (Å²) in [6, 6.07) is 18.5. The summed E-state index contributed by atoms with van der Waals surface area (Å²) in [4.78, 5) is 19.0. The van der Waals surface area contributed by atoms with Crippen LogP contribution < -0.4 is 14.4 Å². The van der Waals surface area contributed by atoms with Gasteiger partial charge in [0.05, 0.1) is 12.2 Å². The van der Waals surface area contributed by atoms with Crippen LogP contribution in [-0.4, -0.2) is 23.6 Å². The van der Waals surface area contributed by atoms with E-state index in [0.717, 1.165) is 0 Å². The molecule has 1 amide bonds. The summed E-state index contributed by atoms with van der Waals surface area (Å²) in [6.07, 6.45) is 0.868. The second-order valence-corrected chi connectivity index (χ2v) is 6.09. The van der Waals surface area contributed by atoms with Gasteiger partial charge in [0.1, 0.15) is 12.4 Å². The number of rotatable bonds is 4. The molecule has 2 heterocycles. The van der Waals surface area contributed by atoms with Crippen LogP contribution >= 0.6 is 0 Å². The maximum atomic E-state index is 13.3. The summed E-state index contributed by atoms with van der Waals surface area (Å²) in [5.74, 6) is 0.496. The molecule has 3 aromatic rings. The molecule has 0 saturated heterocycles. The highest BCUT2D eigenvalue weighted by atomic mass is 19.1. The fraction of sp³-hybridized carbons (Fsp3) is 0.143. The van der Waals surface area contributed by atoms with E-state index in [1.54, 1.807) is 30.5 Å². The van der Waals surface area contributed by atoms with E-state index in [0.29, 0.717) is 22.9 Å². The van der Waals surface area contributed by atoms with E-state index in [-0.39, 0.29) is 24.9 Å². The quantitative estimate of drug-likeness (QED) is 0.710. The predicted octanol–water partition coefficient (Wildman–Crippen LogP) is 3.59. The monoisotopic (exact) mass is 364 g/mol. The summed E-state index contributed by atoms with van der Waals surface area (Å²) < 4.78 is 24.8. The van der Waals surface area contributed by atoms with Crippen molar-refractivity contribution in [2.75, 3.05) is 11.5 Å². The van der Waals surface area contributed by atoms with Gasteiger partial charge in [-0.05, 0) is 48.5 Å². The zero-order valence-electron chi connectivity index (χ0n) is 14.4. The van der Waals surface area contributed by atoms with Crippen LogP contribution in [0.1, 0.15) is 5.69 Å². The Bertz CT molecular complexity index is 932. The van der Waals surface area contributed by atoms with Crippen molar-refractivity contribution in [2.24, 2.45) is 0 Å². The Morgan fingerprint density at radius 3 is 2.52 bits per heavy atom. The molecule has 0 aliphatic carbocycles. The van der Waals surface area contributed by atoms with Gasteiger partial charge >= 0.3 is 0 Å². The molecular formula is C21H17FN2O3. The lowest BCUT2D eigenvalue weighted by atomic mass is 10.2. The third-order valence-corrected chi connectivity index (χ3v) is 4.23. The SMILES string of the molecule is O=C([C@@H]1COc2ccccc2O1)N(Cc1ccccn1)c1ccc(F)cc1. The minimum absolute atomic E-state index is 0.107. The molecule has 1 aromatic heterocycles. The van der Waals surface area contributed by atoms with E-state index in [1.807, 2.05) is 30.3 Å². The van der Waals surface area contributed by atoms with Crippen LogP contribution in [0.25, 0.3) is 0 Å². The molecule has 5 nitrogen and oxygen atoms in total. The number of para-hydroxylation sites is 2. The van der Waals surface area contributed by atoms with Crippen LogP contribution in [0.4, 0.5) is 10.1 Å². The number of anilines is 1. The number of carbonyl (C=O) groups is 1. The molecule has 1 aliphatic heterocycles. The maximum Gasteiger partial charge on any atom is 0.272 e. The lowest BCUT2D eigenvalue weighted by Gasteiger charge is -2.30. The van der Waals surface area contributed by atoms with Gasteiger partial charge in [0.15, 0.2) is 11.5 Å². The zero-order valence-corrected chi connectivity index (χ0v) is 14.4. The third kappa shape index (κ3) is 3.74. The van der Waals surface area contributed by atoms with Crippen LogP contribution in [0.5, 0.6) is 11.5 Å². The van der Waals surface area contributed by atoms with Gasteiger partial charge in [0.25, 0.3) is 5.91 Å². The largest absolute Gasteiger partial charge is 0.485 e. The van der Waals surface area contributed by atoms with E-state index in [4.69, 9.17) is 9.47 Å². The standard InChI is InChI=1S/C21H17FN2O3/c22-15-8-10-17(11-9-15)24(13-16-5-3-4-12-23-16)21(25)20-14-26-18-6-1-2-7-19(18)27-20/h1-12,20H,13-14H2/t20-/m0/s1. The average Bonchev–Trinajstić information content (AvgIpc) is 2.73. The molecule has 2 aromatic carbocycles. The topological polar surface area (TPSA) is 51.7 Å². The summed E-state index contributed by atoms with van der Waals surface area (Å²) in [6.45, 7) is 0.350. The number of ether oxygens (including phenoxy) is 2. The van der Waals surface area contributed by atoms with Crippen molar-refractivity contribution >= 4 is 11.6 Å². The van der Waals surface area contributed by atoms with Crippen molar-refractivity contribution < 1.29 is 18.7 Å². The lowest BCUT2D eigenvalue weighted by molar-refractivity contribution is -0.127. The molecule has 0 unspecified atom stereocenters. The van der Waals surface area contributed by atoms with E-state index in [1.165, 1.54) is 17.0 Å². The van der Waals surface area contributed by atoms with Crippen molar-refractivity contribution in [1.29, 1.82) is 0 Å². The van der Waals surface area contributed by atoms with E-state index in [9.17, 15) is 9.18 Å². The summed E-state index contributed by atoms with van der Waals surface area (Å²) in [5.41, 5.74) is 1.28. The number of amides is 1. The highest BCUT2D eigenvalue weighted by molar-refractivity contribution is 5.97. The first kappa shape index (κ1) is 17.0. The normalized spacial score (nSPS) is 15.2. The number of benzene rings is 2. The molecule has 27 heavy (non-hydrogen) atoms. The molecule has 0 fully saturated rings. The number of hydrogen-bond donors (Lipinski definition) is 0. The Labute approximate surface area is 156 Å². The third-order valence-electron chi connectivity index (χ3n) is 4.23. The Kier molecular flexibility index (Phi) is 4.70. The number of nitrogens with zero attached hydrogens (tertiary/aromatic N) is 2. The van der Waals surface area contributed by atoms with Gasteiger partial charge in [-0.25, -0.2) is 4.39 Å². The van der Waals surface area contributed by atoms with E-state index in [2.05, 4.69) is 4.98 Å². The van der Waals surface area contributed by atoms with Crippen molar-refractivity contribution in [3.8, 4) is 11.5 Å². The molecule has 6 heteroatoms. The molecule has 0 radical (unpaired) electrons. The molecule has 0 bridgehead atoms. The predicted molar refractivity (Wildman–Crippen MR) is 98.2 cm³/mol. The summed E-state index contributed by atoms with van der Waals surface area (Å²) in [5, 5.41) is 0. The van der Waals surface area contributed by atoms with Crippen LogP contribution in [0.15, 0.2) is 72.9 Å². The Morgan fingerprint density at radius 2 is 1.78 bits per heavy atom. The number of carbonyl (C=O) groups excluding carboxylic acids is 1. The van der Waals surface area contributed by atoms with E-state index < -0.39 is 6.10 Å². The minimum atomic E-state index is -0.798. The highest BCUT2D eigenvalue weighted by Gasteiger charge is 2.32. The van der Waals surface area contributed by atoms with Gasteiger partial charge in [-0.15, -0.1) is 0 Å². The molecule has 1 aliphatic rings. The smallest absolute Gasteiger partial charge is 0.272 e. The second-order valence-electron chi connectivity index (χ2n) is 6.09. The average molecular weight is 364 g/mol.